The Bertz CT molecular complexity index is 69.1. The van der Waals surface area contributed by atoms with Crippen molar-refractivity contribution in [3.63, 3.8) is 0 Å². The summed E-state index contributed by atoms with van der Waals surface area (Å²) in [7, 11) is 0. The first-order valence-electron chi connectivity index (χ1n) is 2.41. The molecule has 2 nitrogen and oxygen atoms in total. The van der Waals surface area contributed by atoms with Gasteiger partial charge in [0.15, 0.2) is 0 Å². The van der Waals surface area contributed by atoms with Gasteiger partial charge in [0.1, 0.15) is 11.6 Å². The molecular formula is C6H12CuO2. The van der Waals surface area contributed by atoms with Crippen LogP contribution in [0.25, 0.3) is 0 Å². The Morgan fingerprint density at radius 3 is 0.778 bits per heavy atom. The molecule has 0 unspecified atom stereocenters. The van der Waals surface area contributed by atoms with Gasteiger partial charge in [-0.1, -0.05) is 0 Å². The minimum atomic E-state index is 0. The van der Waals surface area contributed by atoms with Crippen LogP contribution in [-0.2, 0) is 26.7 Å². The smallest absolute Gasteiger partial charge is 0.126 e. The zero-order valence-electron chi connectivity index (χ0n) is 6.12. The van der Waals surface area contributed by atoms with Crippen LogP contribution in [-0.4, -0.2) is 11.6 Å². The number of carbonyl (C=O) groups is 2. The molecule has 0 aliphatic rings. The van der Waals surface area contributed by atoms with Crippen molar-refractivity contribution in [2.45, 2.75) is 27.7 Å². The van der Waals surface area contributed by atoms with Gasteiger partial charge in [-0.2, -0.15) is 0 Å². The van der Waals surface area contributed by atoms with E-state index < -0.39 is 0 Å². The summed E-state index contributed by atoms with van der Waals surface area (Å²) in [6.45, 7) is 6.11. The van der Waals surface area contributed by atoms with E-state index in [-0.39, 0.29) is 28.6 Å². The minimum Gasteiger partial charge on any atom is -0.300 e. The molecule has 1 radical (unpaired) electrons. The third-order valence-electron chi connectivity index (χ3n) is 0. The third kappa shape index (κ3) is 13700. The summed E-state index contributed by atoms with van der Waals surface area (Å²) in [6.07, 6.45) is 0. The molecular weight excluding hydrogens is 168 g/mol. The molecule has 0 fully saturated rings. The van der Waals surface area contributed by atoms with Crippen molar-refractivity contribution >= 4 is 11.6 Å². The molecule has 9 heavy (non-hydrogen) atoms. The Balaban J connectivity index is -0.0000000720. The Morgan fingerprint density at radius 2 is 0.778 bits per heavy atom. The van der Waals surface area contributed by atoms with E-state index in [9.17, 15) is 9.59 Å². The first kappa shape index (κ1) is 15.9. The summed E-state index contributed by atoms with van der Waals surface area (Å²) in [5, 5.41) is 0. The molecule has 0 saturated heterocycles. The van der Waals surface area contributed by atoms with Crippen molar-refractivity contribution < 1.29 is 26.7 Å². The van der Waals surface area contributed by atoms with Gasteiger partial charge in [0, 0.05) is 17.1 Å². The molecule has 0 rings (SSSR count). The number of hydrogen-bond donors (Lipinski definition) is 0. The van der Waals surface area contributed by atoms with E-state index in [0.717, 1.165) is 0 Å². The number of Topliss-reactive ketones (excluding diaryl/α,β-unsaturated/α-hetero) is 2. The van der Waals surface area contributed by atoms with E-state index >= 15 is 0 Å². The van der Waals surface area contributed by atoms with Crippen LogP contribution < -0.4 is 0 Å². The fourth-order valence-electron chi connectivity index (χ4n) is 0. The standard InChI is InChI=1S/2C3H6O.Cu/c2*1-3(2)4;/h2*1-2H3;. The Labute approximate surface area is 66.5 Å². The van der Waals surface area contributed by atoms with Gasteiger partial charge in [0.2, 0.25) is 0 Å². The molecule has 0 saturated carbocycles. The van der Waals surface area contributed by atoms with Gasteiger partial charge < -0.3 is 9.59 Å². The fraction of sp³-hybridized carbons (Fsp3) is 0.667. The molecule has 0 aliphatic heterocycles. The molecule has 0 atom stereocenters. The second-order valence-corrected chi connectivity index (χ2v) is 1.82. The second kappa shape index (κ2) is 10.8. The summed E-state index contributed by atoms with van der Waals surface area (Å²) in [5.74, 6) is 0.333. The minimum absolute atomic E-state index is 0. The van der Waals surface area contributed by atoms with Crippen LogP contribution >= 0.6 is 0 Å². The van der Waals surface area contributed by atoms with E-state index in [1.165, 1.54) is 27.7 Å². The maximum Gasteiger partial charge on any atom is 0.126 e. The predicted molar refractivity (Wildman–Crippen MR) is 32.7 cm³/mol. The molecule has 0 heterocycles. The van der Waals surface area contributed by atoms with Crippen LogP contribution in [0.1, 0.15) is 27.7 Å². The van der Waals surface area contributed by atoms with Crippen LogP contribution in [0.4, 0.5) is 0 Å². The fourth-order valence-corrected chi connectivity index (χ4v) is 0. The van der Waals surface area contributed by atoms with Gasteiger partial charge in [0.05, 0.1) is 0 Å². The summed E-state index contributed by atoms with van der Waals surface area (Å²) in [5.41, 5.74) is 0. The van der Waals surface area contributed by atoms with Crippen LogP contribution in [0.2, 0.25) is 0 Å². The maximum absolute atomic E-state index is 9.44. The molecule has 59 valence electrons. The molecule has 0 N–H and O–H groups in total. The molecule has 0 aliphatic carbocycles. The normalized spacial score (nSPS) is 5.78. The van der Waals surface area contributed by atoms with Gasteiger partial charge in [-0.05, 0) is 27.7 Å². The summed E-state index contributed by atoms with van der Waals surface area (Å²) in [6, 6.07) is 0. The monoisotopic (exact) mass is 179 g/mol. The number of ketones is 2. The van der Waals surface area contributed by atoms with E-state index in [1.807, 2.05) is 0 Å². The van der Waals surface area contributed by atoms with Crippen molar-refractivity contribution in [2.75, 3.05) is 0 Å². The quantitative estimate of drug-likeness (QED) is 0.524. The van der Waals surface area contributed by atoms with Gasteiger partial charge in [-0.3, -0.25) is 0 Å². The van der Waals surface area contributed by atoms with Crippen LogP contribution in [0, 0.1) is 0 Å². The molecule has 0 aromatic carbocycles. The van der Waals surface area contributed by atoms with Crippen molar-refractivity contribution in [3.8, 4) is 0 Å². The van der Waals surface area contributed by atoms with Gasteiger partial charge in [0.25, 0.3) is 0 Å². The van der Waals surface area contributed by atoms with E-state index in [0.29, 0.717) is 0 Å². The first-order valence-corrected chi connectivity index (χ1v) is 2.41. The molecule has 0 aromatic heterocycles. The van der Waals surface area contributed by atoms with Crippen molar-refractivity contribution in [3.05, 3.63) is 0 Å². The molecule has 0 aromatic rings. The zero-order valence-corrected chi connectivity index (χ0v) is 7.06. The number of rotatable bonds is 0. The van der Waals surface area contributed by atoms with Gasteiger partial charge >= 0.3 is 0 Å². The Hall–Kier alpha value is -0.141. The van der Waals surface area contributed by atoms with Crippen molar-refractivity contribution in [1.29, 1.82) is 0 Å². The molecule has 3 heteroatoms. The predicted octanol–water partition coefficient (Wildman–Crippen LogP) is 1.19. The first-order chi connectivity index (χ1) is 3.46. The summed E-state index contributed by atoms with van der Waals surface area (Å²) in [4.78, 5) is 18.9. The average Bonchev–Trinajstić information content (AvgIpc) is 1.25. The van der Waals surface area contributed by atoms with Crippen molar-refractivity contribution in [2.24, 2.45) is 0 Å². The van der Waals surface area contributed by atoms with Gasteiger partial charge in [-0.25, -0.2) is 0 Å². The van der Waals surface area contributed by atoms with Crippen LogP contribution in [0.15, 0.2) is 0 Å². The Morgan fingerprint density at radius 1 is 0.778 bits per heavy atom. The van der Waals surface area contributed by atoms with E-state index in [4.69, 9.17) is 0 Å². The summed E-state index contributed by atoms with van der Waals surface area (Å²) < 4.78 is 0. The molecule has 0 amide bonds. The number of carbonyl (C=O) groups excluding carboxylic acids is 2. The largest absolute Gasteiger partial charge is 0.300 e. The SMILES string of the molecule is CC(C)=O.CC(C)=O.[Cu]. The van der Waals surface area contributed by atoms with Crippen LogP contribution in [0.5, 0.6) is 0 Å². The molecule has 0 bridgehead atoms. The number of hydrogen-bond acceptors (Lipinski definition) is 2. The van der Waals surface area contributed by atoms with E-state index in [1.54, 1.807) is 0 Å². The van der Waals surface area contributed by atoms with Crippen LogP contribution in [0.3, 0.4) is 0 Å². The average molecular weight is 180 g/mol. The van der Waals surface area contributed by atoms with Crippen molar-refractivity contribution in [1.82, 2.24) is 0 Å². The van der Waals surface area contributed by atoms with E-state index in [2.05, 4.69) is 0 Å². The van der Waals surface area contributed by atoms with Gasteiger partial charge in [-0.15, -0.1) is 0 Å². The zero-order chi connectivity index (χ0) is 7.15. The Kier molecular flexibility index (Phi) is 19.1. The molecule has 0 spiro atoms. The summed E-state index contributed by atoms with van der Waals surface area (Å²) >= 11 is 0. The topological polar surface area (TPSA) is 34.1 Å². The second-order valence-electron chi connectivity index (χ2n) is 1.82. The third-order valence-corrected chi connectivity index (χ3v) is 0. The maximum atomic E-state index is 9.44.